The van der Waals surface area contributed by atoms with E-state index in [1.54, 1.807) is 18.2 Å². The van der Waals surface area contributed by atoms with Crippen molar-refractivity contribution in [3.8, 4) is 0 Å². The van der Waals surface area contributed by atoms with Gasteiger partial charge in [0.05, 0.1) is 4.92 Å². The molecule has 0 aliphatic rings. The predicted octanol–water partition coefficient (Wildman–Crippen LogP) is 1.57. The largest absolute Gasteiger partial charge is 0.480 e. The average Bonchev–Trinajstić information content (AvgIpc) is 2.66. The molecule has 0 bridgehead atoms. The Kier molecular flexibility index (Phi) is 6.37. The Hall–Kier alpha value is -4.01. The summed E-state index contributed by atoms with van der Waals surface area (Å²) >= 11 is 0. The monoisotopic (exact) mass is 369 g/mol. The van der Waals surface area contributed by atoms with Crippen LogP contribution < -0.4 is 10.6 Å². The number of carbonyl (C=O) groups is 3. The number of nitro groups is 1. The van der Waals surface area contributed by atoms with Gasteiger partial charge in [-0.2, -0.15) is 0 Å². The Balaban J connectivity index is 2.32. The summed E-state index contributed by atoms with van der Waals surface area (Å²) in [5.41, 5.74) is 0.139. The average molecular weight is 369 g/mol. The van der Waals surface area contributed by atoms with E-state index in [9.17, 15) is 24.5 Å². The van der Waals surface area contributed by atoms with Crippen LogP contribution in [0.15, 0.2) is 60.3 Å². The second kappa shape index (κ2) is 8.90. The van der Waals surface area contributed by atoms with Crippen LogP contribution in [-0.2, 0) is 9.59 Å². The van der Waals surface area contributed by atoms with E-state index in [2.05, 4.69) is 10.6 Å². The number of carbonyl (C=O) groups excluding carboxylic acids is 2. The van der Waals surface area contributed by atoms with Crippen LogP contribution in [0.5, 0.6) is 0 Å². The van der Waals surface area contributed by atoms with Crippen LogP contribution in [-0.4, -0.2) is 34.4 Å². The van der Waals surface area contributed by atoms with Crippen LogP contribution >= 0.6 is 0 Å². The number of rotatable bonds is 7. The molecule has 0 radical (unpaired) electrons. The molecule has 9 nitrogen and oxygen atoms in total. The topological polar surface area (TPSA) is 139 Å². The molecule has 3 N–H and O–H groups in total. The smallest absolute Gasteiger partial charge is 0.322 e. The predicted molar refractivity (Wildman–Crippen MR) is 95.6 cm³/mol. The Morgan fingerprint density at radius 3 is 2.41 bits per heavy atom. The van der Waals surface area contributed by atoms with E-state index in [1.165, 1.54) is 42.5 Å². The number of benzene rings is 2. The third kappa shape index (κ3) is 5.78. The first-order valence-corrected chi connectivity index (χ1v) is 7.69. The van der Waals surface area contributed by atoms with E-state index in [1.807, 2.05) is 0 Å². The lowest BCUT2D eigenvalue weighted by Gasteiger charge is -2.10. The zero-order valence-corrected chi connectivity index (χ0v) is 13.9. The molecule has 9 heteroatoms. The lowest BCUT2D eigenvalue weighted by atomic mass is 10.1. The third-order valence-electron chi connectivity index (χ3n) is 3.32. The number of nitrogens with one attached hydrogen (secondary N) is 2. The quantitative estimate of drug-likeness (QED) is 0.385. The molecule has 2 aromatic carbocycles. The molecule has 2 aromatic rings. The molecule has 0 unspecified atom stereocenters. The number of hydrogen-bond donors (Lipinski definition) is 3. The fourth-order valence-electron chi connectivity index (χ4n) is 2.09. The summed E-state index contributed by atoms with van der Waals surface area (Å²) in [7, 11) is 0. The van der Waals surface area contributed by atoms with Crippen LogP contribution in [0, 0.1) is 10.1 Å². The van der Waals surface area contributed by atoms with Crippen LogP contribution in [0.2, 0.25) is 0 Å². The minimum Gasteiger partial charge on any atom is -0.480 e. The van der Waals surface area contributed by atoms with Gasteiger partial charge in [0, 0.05) is 17.7 Å². The lowest BCUT2D eigenvalue weighted by Crippen LogP contribution is -2.37. The maximum absolute atomic E-state index is 12.3. The summed E-state index contributed by atoms with van der Waals surface area (Å²) in [5, 5.41) is 24.1. The van der Waals surface area contributed by atoms with Gasteiger partial charge in [-0.15, -0.1) is 0 Å². The molecular formula is C18H15N3O6. The number of nitrogens with zero attached hydrogens (tertiary/aromatic N) is 1. The van der Waals surface area contributed by atoms with Crippen molar-refractivity contribution in [1.29, 1.82) is 0 Å². The number of amides is 2. The van der Waals surface area contributed by atoms with E-state index >= 15 is 0 Å². The van der Waals surface area contributed by atoms with Gasteiger partial charge in [-0.1, -0.05) is 30.3 Å². The van der Waals surface area contributed by atoms with E-state index < -0.39 is 29.3 Å². The molecule has 0 atom stereocenters. The van der Waals surface area contributed by atoms with Crippen molar-refractivity contribution >= 4 is 29.5 Å². The molecule has 0 aliphatic heterocycles. The second-order valence-electron chi connectivity index (χ2n) is 5.31. The SMILES string of the molecule is O=C(O)CNC(=O)C(=Cc1cccc([N+](=O)[O-])c1)NC(=O)c1ccccc1. The van der Waals surface area contributed by atoms with E-state index in [0.29, 0.717) is 0 Å². The highest BCUT2D eigenvalue weighted by Gasteiger charge is 2.16. The van der Waals surface area contributed by atoms with E-state index in [0.717, 1.165) is 0 Å². The normalized spacial score (nSPS) is 10.7. The van der Waals surface area contributed by atoms with Crippen molar-refractivity contribution in [2.24, 2.45) is 0 Å². The first-order valence-electron chi connectivity index (χ1n) is 7.69. The molecule has 0 aliphatic carbocycles. The van der Waals surface area contributed by atoms with Gasteiger partial charge in [-0.05, 0) is 23.8 Å². The summed E-state index contributed by atoms with van der Waals surface area (Å²) in [6.07, 6.45) is 1.23. The summed E-state index contributed by atoms with van der Waals surface area (Å²) in [5.74, 6) is -2.68. The minimum absolute atomic E-state index is 0.191. The fraction of sp³-hybridized carbons (Fsp3) is 0.0556. The Morgan fingerprint density at radius 2 is 1.78 bits per heavy atom. The number of aliphatic carboxylic acids is 1. The zero-order chi connectivity index (χ0) is 19.8. The van der Waals surface area contributed by atoms with Gasteiger partial charge in [0.2, 0.25) is 0 Å². The van der Waals surface area contributed by atoms with Gasteiger partial charge in [0.15, 0.2) is 0 Å². The minimum atomic E-state index is -1.26. The summed E-state index contributed by atoms with van der Waals surface area (Å²) in [6.45, 7) is -0.647. The number of carboxylic acids is 1. The van der Waals surface area contributed by atoms with Crippen LogP contribution in [0.3, 0.4) is 0 Å². The van der Waals surface area contributed by atoms with Crippen molar-refractivity contribution in [3.63, 3.8) is 0 Å². The molecule has 27 heavy (non-hydrogen) atoms. The highest BCUT2D eigenvalue weighted by molar-refractivity contribution is 6.05. The molecule has 0 heterocycles. The van der Waals surface area contributed by atoms with Gasteiger partial charge in [-0.25, -0.2) is 0 Å². The third-order valence-corrected chi connectivity index (χ3v) is 3.32. The fourth-order valence-corrected chi connectivity index (χ4v) is 2.09. The van der Waals surface area contributed by atoms with Crippen molar-refractivity contribution in [1.82, 2.24) is 10.6 Å². The molecule has 0 saturated carbocycles. The molecule has 0 aromatic heterocycles. The number of carboxylic acid groups (broad SMARTS) is 1. The molecule has 0 spiro atoms. The number of nitro benzene ring substituents is 1. The maximum Gasteiger partial charge on any atom is 0.322 e. The Bertz CT molecular complexity index is 908. The van der Waals surface area contributed by atoms with Gasteiger partial charge < -0.3 is 15.7 Å². The van der Waals surface area contributed by atoms with Crippen molar-refractivity contribution in [2.45, 2.75) is 0 Å². The molecule has 138 valence electrons. The number of non-ortho nitro benzene ring substituents is 1. The van der Waals surface area contributed by atoms with Crippen LogP contribution in [0.4, 0.5) is 5.69 Å². The number of hydrogen-bond acceptors (Lipinski definition) is 5. The first kappa shape index (κ1) is 19.3. The summed E-state index contributed by atoms with van der Waals surface area (Å²) < 4.78 is 0. The summed E-state index contributed by atoms with van der Waals surface area (Å²) in [6, 6.07) is 13.5. The van der Waals surface area contributed by atoms with Crippen LogP contribution in [0.1, 0.15) is 15.9 Å². The standard InChI is InChI=1S/C18H15N3O6/c22-16(23)11-19-18(25)15(20-17(24)13-6-2-1-3-7-13)10-12-5-4-8-14(9-12)21(26)27/h1-10H,11H2,(H,19,25)(H,20,24)(H,22,23). The lowest BCUT2D eigenvalue weighted by molar-refractivity contribution is -0.384. The van der Waals surface area contributed by atoms with E-state index in [4.69, 9.17) is 5.11 Å². The highest BCUT2D eigenvalue weighted by Crippen LogP contribution is 2.15. The van der Waals surface area contributed by atoms with Gasteiger partial charge in [0.25, 0.3) is 17.5 Å². The Morgan fingerprint density at radius 1 is 1.07 bits per heavy atom. The molecular weight excluding hydrogens is 354 g/mol. The molecule has 2 amide bonds. The van der Waals surface area contributed by atoms with Gasteiger partial charge in [-0.3, -0.25) is 24.5 Å². The molecule has 0 saturated heterocycles. The first-order chi connectivity index (χ1) is 12.9. The van der Waals surface area contributed by atoms with Crippen LogP contribution in [0.25, 0.3) is 6.08 Å². The van der Waals surface area contributed by atoms with Crippen molar-refractivity contribution in [2.75, 3.05) is 6.54 Å². The second-order valence-corrected chi connectivity index (χ2v) is 5.31. The maximum atomic E-state index is 12.3. The Labute approximate surface area is 153 Å². The summed E-state index contributed by atoms with van der Waals surface area (Å²) in [4.78, 5) is 45.5. The van der Waals surface area contributed by atoms with Gasteiger partial charge in [0.1, 0.15) is 12.2 Å². The van der Waals surface area contributed by atoms with Gasteiger partial charge >= 0.3 is 5.97 Å². The van der Waals surface area contributed by atoms with E-state index in [-0.39, 0.29) is 22.5 Å². The highest BCUT2D eigenvalue weighted by atomic mass is 16.6. The molecule has 0 fully saturated rings. The zero-order valence-electron chi connectivity index (χ0n) is 13.9. The van der Waals surface area contributed by atoms with Crippen molar-refractivity contribution in [3.05, 3.63) is 81.5 Å². The molecule has 2 rings (SSSR count). The van der Waals surface area contributed by atoms with Crippen molar-refractivity contribution < 1.29 is 24.4 Å².